The van der Waals surface area contributed by atoms with Gasteiger partial charge in [-0.25, -0.2) is 0 Å². The predicted molar refractivity (Wildman–Crippen MR) is 102 cm³/mol. The first kappa shape index (κ1) is 17.6. The standard InChI is InChI=1S/C15H23N3S.HI/c1-19-10-3-2-9-17-15(16)18-14-8-7-12-5-4-6-13(12)11-14;/h7-8,11H,2-6,9-10H2,1H3,(H3,16,17,18);1H. The summed E-state index contributed by atoms with van der Waals surface area (Å²) < 4.78 is 0. The lowest BCUT2D eigenvalue weighted by atomic mass is 10.1. The van der Waals surface area contributed by atoms with E-state index in [1.807, 2.05) is 11.8 Å². The second-order valence-electron chi connectivity index (χ2n) is 4.93. The minimum Gasteiger partial charge on any atom is -0.370 e. The maximum absolute atomic E-state index is 5.90. The Hall–Kier alpha value is -0.430. The zero-order chi connectivity index (χ0) is 13.5. The molecule has 1 aliphatic carbocycles. The van der Waals surface area contributed by atoms with Crippen LogP contribution in [-0.4, -0.2) is 24.5 Å². The summed E-state index contributed by atoms with van der Waals surface area (Å²) in [5.74, 6) is 1.73. The molecule has 0 bridgehead atoms. The number of thioether (sulfide) groups is 1. The molecule has 20 heavy (non-hydrogen) atoms. The number of fused-ring (bicyclic) bond motifs is 1. The van der Waals surface area contributed by atoms with Gasteiger partial charge in [0, 0.05) is 12.2 Å². The molecule has 0 radical (unpaired) electrons. The van der Waals surface area contributed by atoms with Crippen LogP contribution in [0.25, 0.3) is 0 Å². The van der Waals surface area contributed by atoms with Crippen molar-refractivity contribution >= 4 is 47.4 Å². The molecule has 0 spiro atoms. The summed E-state index contributed by atoms with van der Waals surface area (Å²) >= 11 is 1.88. The molecule has 0 amide bonds. The quantitative estimate of drug-likeness (QED) is 0.329. The molecule has 0 fully saturated rings. The number of halogens is 1. The molecular formula is C15H24IN3S. The van der Waals surface area contributed by atoms with Crippen LogP contribution >= 0.6 is 35.7 Å². The molecule has 0 atom stereocenters. The molecule has 0 aliphatic heterocycles. The number of unbranched alkanes of at least 4 members (excludes halogenated alkanes) is 1. The van der Waals surface area contributed by atoms with Crippen molar-refractivity contribution in [2.75, 3.05) is 23.9 Å². The predicted octanol–water partition coefficient (Wildman–Crippen LogP) is 3.66. The van der Waals surface area contributed by atoms with E-state index in [4.69, 9.17) is 5.73 Å². The average molecular weight is 405 g/mol. The highest BCUT2D eigenvalue weighted by Gasteiger charge is 2.10. The zero-order valence-electron chi connectivity index (χ0n) is 12.0. The number of aliphatic imine (C=N–C) groups is 1. The molecule has 3 nitrogen and oxygen atoms in total. The molecule has 1 aromatic rings. The third kappa shape index (κ3) is 5.52. The van der Waals surface area contributed by atoms with Gasteiger partial charge in [0.05, 0.1) is 0 Å². The van der Waals surface area contributed by atoms with E-state index in [-0.39, 0.29) is 24.0 Å². The Morgan fingerprint density at radius 1 is 1.30 bits per heavy atom. The van der Waals surface area contributed by atoms with E-state index in [1.165, 1.54) is 42.6 Å². The number of nitrogens with one attached hydrogen (secondary N) is 1. The summed E-state index contributed by atoms with van der Waals surface area (Å²) in [6.07, 6.45) is 8.13. The Kier molecular flexibility index (Phi) is 8.37. The molecule has 0 heterocycles. The van der Waals surface area contributed by atoms with Gasteiger partial charge in [0.25, 0.3) is 0 Å². The van der Waals surface area contributed by atoms with Crippen LogP contribution in [0, 0.1) is 0 Å². The van der Waals surface area contributed by atoms with Gasteiger partial charge in [0.2, 0.25) is 0 Å². The van der Waals surface area contributed by atoms with Gasteiger partial charge in [-0.15, -0.1) is 24.0 Å². The highest BCUT2D eigenvalue weighted by molar-refractivity contribution is 14.0. The lowest BCUT2D eigenvalue weighted by molar-refractivity contribution is 0.815. The Morgan fingerprint density at radius 3 is 2.90 bits per heavy atom. The van der Waals surface area contributed by atoms with Gasteiger partial charge < -0.3 is 11.1 Å². The Balaban J connectivity index is 0.00000200. The van der Waals surface area contributed by atoms with E-state index >= 15 is 0 Å². The maximum Gasteiger partial charge on any atom is 0.193 e. The summed E-state index contributed by atoms with van der Waals surface area (Å²) in [5, 5.41) is 3.19. The first-order chi connectivity index (χ1) is 9.29. The Labute approximate surface area is 143 Å². The Bertz CT molecular complexity index is 449. The van der Waals surface area contributed by atoms with Gasteiger partial charge in [-0.1, -0.05) is 6.07 Å². The van der Waals surface area contributed by atoms with Crippen molar-refractivity contribution in [2.24, 2.45) is 10.7 Å². The number of aryl methyl sites for hydroxylation is 2. The fourth-order valence-corrected chi connectivity index (χ4v) is 2.89. The second kappa shape index (κ2) is 9.50. The van der Waals surface area contributed by atoms with Crippen LogP contribution in [0.2, 0.25) is 0 Å². The van der Waals surface area contributed by atoms with E-state index in [2.05, 4.69) is 34.8 Å². The van der Waals surface area contributed by atoms with Crippen LogP contribution in [0.3, 0.4) is 0 Å². The fraction of sp³-hybridized carbons (Fsp3) is 0.533. The van der Waals surface area contributed by atoms with Crippen molar-refractivity contribution in [2.45, 2.75) is 32.1 Å². The maximum atomic E-state index is 5.90. The van der Waals surface area contributed by atoms with Crippen molar-refractivity contribution < 1.29 is 0 Å². The molecule has 0 unspecified atom stereocenters. The number of benzene rings is 1. The summed E-state index contributed by atoms with van der Waals surface area (Å²) in [6, 6.07) is 6.51. The van der Waals surface area contributed by atoms with E-state index in [0.717, 1.165) is 18.7 Å². The summed E-state index contributed by atoms with van der Waals surface area (Å²) in [5.41, 5.74) is 9.90. The highest BCUT2D eigenvalue weighted by atomic mass is 127. The van der Waals surface area contributed by atoms with Crippen LogP contribution < -0.4 is 11.1 Å². The molecule has 3 N–H and O–H groups in total. The third-order valence-electron chi connectivity index (χ3n) is 3.41. The number of hydrogen-bond acceptors (Lipinski definition) is 2. The van der Waals surface area contributed by atoms with Crippen molar-refractivity contribution in [1.29, 1.82) is 0 Å². The second-order valence-corrected chi connectivity index (χ2v) is 5.91. The molecule has 1 aliphatic rings. The number of rotatable bonds is 6. The number of anilines is 1. The van der Waals surface area contributed by atoms with Gasteiger partial charge >= 0.3 is 0 Å². The topological polar surface area (TPSA) is 50.4 Å². The van der Waals surface area contributed by atoms with Crippen LogP contribution in [-0.2, 0) is 12.8 Å². The molecule has 1 aromatic carbocycles. The van der Waals surface area contributed by atoms with Crippen LogP contribution in [0.15, 0.2) is 23.2 Å². The van der Waals surface area contributed by atoms with Crippen LogP contribution in [0.1, 0.15) is 30.4 Å². The average Bonchev–Trinajstić information content (AvgIpc) is 2.86. The largest absolute Gasteiger partial charge is 0.370 e. The molecule has 112 valence electrons. The first-order valence-electron chi connectivity index (χ1n) is 6.97. The van der Waals surface area contributed by atoms with Crippen LogP contribution in [0.5, 0.6) is 0 Å². The normalized spacial score (nSPS) is 13.8. The van der Waals surface area contributed by atoms with Crippen molar-refractivity contribution in [3.05, 3.63) is 29.3 Å². The van der Waals surface area contributed by atoms with E-state index in [1.54, 1.807) is 0 Å². The van der Waals surface area contributed by atoms with Gasteiger partial charge in [0.1, 0.15) is 0 Å². The van der Waals surface area contributed by atoms with Crippen molar-refractivity contribution in [3.8, 4) is 0 Å². The summed E-state index contributed by atoms with van der Waals surface area (Å²) in [4.78, 5) is 4.36. The Morgan fingerprint density at radius 2 is 2.10 bits per heavy atom. The van der Waals surface area contributed by atoms with E-state index in [9.17, 15) is 0 Å². The van der Waals surface area contributed by atoms with Gasteiger partial charge in [0.15, 0.2) is 5.96 Å². The van der Waals surface area contributed by atoms with Crippen LogP contribution in [0.4, 0.5) is 5.69 Å². The SMILES string of the molecule is CSCCCCN=C(N)Nc1ccc2c(c1)CCC2.I. The summed E-state index contributed by atoms with van der Waals surface area (Å²) in [7, 11) is 0. The minimum atomic E-state index is 0. The highest BCUT2D eigenvalue weighted by Crippen LogP contribution is 2.24. The zero-order valence-corrected chi connectivity index (χ0v) is 15.2. The molecule has 2 rings (SSSR count). The minimum absolute atomic E-state index is 0. The van der Waals surface area contributed by atoms with Gasteiger partial charge in [-0.3, -0.25) is 4.99 Å². The number of nitrogens with two attached hydrogens (primary N) is 1. The van der Waals surface area contributed by atoms with Gasteiger partial charge in [-0.05, 0) is 67.4 Å². The molecular weight excluding hydrogens is 381 g/mol. The van der Waals surface area contributed by atoms with E-state index in [0.29, 0.717) is 5.96 Å². The van der Waals surface area contributed by atoms with Gasteiger partial charge in [-0.2, -0.15) is 11.8 Å². The summed E-state index contributed by atoms with van der Waals surface area (Å²) in [6.45, 7) is 0.810. The molecule has 0 saturated carbocycles. The lowest BCUT2D eigenvalue weighted by Crippen LogP contribution is -2.23. The van der Waals surface area contributed by atoms with E-state index < -0.39 is 0 Å². The fourth-order valence-electron chi connectivity index (χ4n) is 2.39. The first-order valence-corrected chi connectivity index (χ1v) is 8.36. The molecule has 0 saturated heterocycles. The monoisotopic (exact) mass is 405 g/mol. The number of hydrogen-bond donors (Lipinski definition) is 2. The molecule has 5 heteroatoms. The van der Waals surface area contributed by atoms with Crippen molar-refractivity contribution in [1.82, 2.24) is 0 Å². The lowest BCUT2D eigenvalue weighted by Gasteiger charge is -2.08. The number of nitrogens with zero attached hydrogens (tertiary/aromatic N) is 1. The number of guanidine groups is 1. The molecule has 0 aromatic heterocycles. The third-order valence-corrected chi connectivity index (χ3v) is 4.11. The van der Waals surface area contributed by atoms with Crippen molar-refractivity contribution in [3.63, 3.8) is 0 Å². The smallest absolute Gasteiger partial charge is 0.193 e.